The first-order valence-electron chi connectivity index (χ1n) is 7.73. The van der Waals surface area contributed by atoms with Gasteiger partial charge in [0.1, 0.15) is 0 Å². The Morgan fingerprint density at radius 3 is 2.80 bits per heavy atom. The third-order valence-corrected chi connectivity index (χ3v) is 5.20. The van der Waals surface area contributed by atoms with E-state index in [1.807, 2.05) is 6.07 Å². The number of methoxy groups -OCH3 is 1. The number of ether oxygens (including phenoxy) is 1. The van der Waals surface area contributed by atoms with Crippen molar-refractivity contribution in [3.63, 3.8) is 0 Å². The summed E-state index contributed by atoms with van der Waals surface area (Å²) in [5, 5.41) is 0. The highest BCUT2D eigenvalue weighted by Gasteiger charge is 2.39. The first-order valence-corrected chi connectivity index (χ1v) is 7.73. The molecular weight excluding hydrogens is 253 g/mol. The summed E-state index contributed by atoms with van der Waals surface area (Å²) >= 11 is 0. The molecule has 1 aromatic rings. The lowest BCUT2D eigenvalue weighted by molar-refractivity contribution is 0.294. The summed E-state index contributed by atoms with van der Waals surface area (Å²) < 4.78 is 18.6. The molecule has 0 aliphatic heterocycles. The van der Waals surface area contributed by atoms with E-state index in [1.165, 1.54) is 32.8 Å². The van der Waals surface area contributed by atoms with Crippen LogP contribution in [0.5, 0.6) is 5.75 Å². The SMILES string of the molecule is COc1ccc(CC(N)CC2CC3CCC2C3)cc1F. The minimum absolute atomic E-state index is 0.146. The van der Waals surface area contributed by atoms with Crippen LogP contribution in [0.3, 0.4) is 0 Å². The maximum absolute atomic E-state index is 13.7. The zero-order chi connectivity index (χ0) is 14.1. The van der Waals surface area contributed by atoms with Crippen molar-refractivity contribution < 1.29 is 9.13 Å². The first-order chi connectivity index (χ1) is 9.65. The molecule has 0 aromatic heterocycles. The van der Waals surface area contributed by atoms with Crippen LogP contribution in [0.4, 0.5) is 4.39 Å². The Morgan fingerprint density at radius 2 is 2.20 bits per heavy atom. The minimum atomic E-state index is -0.294. The van der Waals surface area contributed by atoms with E-state index in [2.05, 4.69) is 0 Å². The highest BCUT2D eigenvalue weighted by atomic mass is 19.1. The lowest BCUT2D eigenvalue weighted by Gasteiger charge is -2.24. The number of halogens is 1. The Bertz CT molecular complexity index is 476. The lowest BCUT2D eigenvalue weighted by atomic mass is 9.83. The molecule has 2 nitrogen and oxygen atoms in total. The van der Waals surface area contributed by atoms with Crippen LogP contribution < -0.4 is 10.5 Å². The largest absolute Gasteiger partial charge is 0.494 e. The molecule has 0 spiro atoms. The van der Waals surface area contributed by atoms with Crippen LogP contribution in [-0.4, -0.2) is 13.2 Å². The fraction of sp³-hybridized carbons (Fsp3) is 0.647. The molecule has 4 atom stereocenters. The summed E-state index contributed by atoms with van der Waals surface area (Å²) in [5.74, 6) is 2.70. The Morgan fingerprint density at radius 1 is 1.35 bits per heavy atom. The van der Waals surface area contributed by atoms with Gasteiger partial charge in [-0.1, -0.05) is 12.5 Å². The Kier molecular flexibility index (Phi) is 3.97. The number of benzene rings is 1. The molecule has 3 rings (SSSR count). The van der Waals surface area contributed by atoms with E-state index >= 15 is 0 Å². The van der Waals surface area contributed by atoms with Gasteiger partial charge in [0.15, 0.2) is 11.6 Å². The molecule has 2 aliphatic rings. The van der Waals surface area contributed by atoms with Gasteiger partial charge in [-0.3, -0.25) is 0 Å². The summed E-state index contributed by atoms with van der Waals surface area (Å²) in [5.41, 5.74) is 7.26. The molecule has 4 unspecified atom stereocenters. The van der Waals surface area contributed by atoms with Gasteiger partial charge in [-0.15, -0.1) is 0 Å². The van der Waals surface area contributed by atoms with Crippen LogP contribution in [0.25, 0.3) is 0 Å². The van der Waals surface area contributed by atoms with Crippen molar-refractivity contribution in [2.75, 3.05) is 7.11 Å². The number of rotatable bonds is 5. The normalized spacial score (nSPS) is 29.6. The molecule has 0 radical (unpaired) electrons. The van der Waals surface area contributed by atoms with Gasteiger partial charge in [0.25, 0.3) is 0 Å². The number of fused-ring (bicyclic) bond motifs is 2. The van der Waals surface area contributed by atoms with Crippen LogP contribution in [0, 0.1) is 23.6 Å². The van der Waals surface area contributed by atoms with Gasteiger partial charge in [-0.05, 0) is 67.6 Å². The smallest absolute Gasteiger partial charge is 0.165 e. The third-order valence-electron chi connectivity index (χ3n) is 5.20. The van der Waals surface area contributed by atoms with Crippen molar-refractivity contribution in [1.29, 1.82) is 0 Å². The average molecular weight is 277 g/mol. The quantitative estimate of drug-likeness (QED) is 0.893. The summed E-state index contributed by atoms with van der Waals surface area (Å²) in [7, 11) is 1.49. The average Bonchev–Trinajstić information content (AvgIpc) is 3.01. The number of nitrogens with two attached hydrogens (primary N) is 1. The molecule has 110 valence electrons. The predicted molar refractivity (Wildman–Crippen MR) is 78.2 cm³/mol. The molecular formula is C17H24FNO. The van der Waals surface area contributed by atoms with Crippen LogP contribution in [-0.2, 0) is 6.42 Å². The van der Waals surface area contributed by atoms with E-state index < -0.39 is 0 Å². The van der Waals surface area contributed by atoms with Crippen LogP contribution in [0.2, 0.25) is 0 Å². The maximum Gasteiger partial charge on any atom is 0.165 e. The molecule has 0 amide bonds. The van der Waals surface area contributed by atoms with Gasteiger partial charge >= 0.3 is 0 Å². The van der Waals surface area contributed by atoms with E-state index in [1.54, 1.807) is 12.1 Å². The molecule has 3 heteroatoms. The van der Waals surface area contributed by atoms with Crippen LogP contribution in [0.15, 0.2) is 18.2 Å². The topological polar surface area (TPSA) is 35.2 Å². The maximum atomic E-state index is 13.7. The van der Waals surface area contributed by atoms with Crippen LogP contribution >= 0.6 is 0 Å². The molecule has 20 heavy (non-hydrogen) atoms. The molecule has 0 heterocycles. The molecule has 2 N–H and O–H groups in total. The highest BCUT2D eigenvalue weighted by Crippen LogP contribution is 2.49. The van der Waals surface area contributed by atoms with E-state index in [4.69, 9.17) is 10.5 Å². The zero-order valence-corrected chi connectivity index (χ0v) is 12.1. The summed E-state index contributed by atoms with van der Waals surface area (Å²) in [6, 6.07) is 5.31. The lowest BCUT2D eigenvalue weighted by Crippen LogP contribution is -2.28. The van der Waals surface area contributed by atoms with Crippen molar-refractivity contribution in [2.24, 2.45) is 23.5 Å². The second-order valence-corrected chi connectivity index (χ2v) is 6.60. The van der Waals surface area contributed by atoms with Crippen LogP contribution in [0.1, 0.15) is 37.7 Å². The molecule has 0 saturated heterocycles. The molecule has 2 fully saturated rings. The third kappa shape index (κ3) is 2.83. The van der Waals surface area contributed by atoms with Crippen molar-refractivity contribution in [2.45, 2.75) is 44.6 Å². The summed E-state index contributed by atoms with van der Waals surface area (Å²) in [4.78, 5) is 0. The van der Waals surface area contributed by atoms with Gasteiger partial charge in [-0.25, -0.2) is 4.39 Å². The number of hydrogen-bond acceptors (Lipinski definition) is 2. The minimum Gasteiger partial charge on any atom is -0.494 e. The molecule has 2 saturated carbocycles. The Balaban J connectivity index is 1.56. The van der Waals surface area contributed by atoms with Gasteiger partial charge in [0.05, 0.1) is 7.11 Å². The zero-order valence-electron chi connectivity index (χ0n) is 12.1. The summed E-state index contributed by atoms with van der Waals surface area (Å²) in [6.45, 7) is 0. The molecule has 1 aromatic carbocycles. The Hall–Kier alpha value is -1.09. The Labute approximate surface area is 120 Å². The van der Waals surface area contributed by atoms with Gasteiger partial charge in [0.2, 0.25) is 0 Å². The second kappa shape index (κ2) is 5.72. The fourth-order valence-corrected chi connectivity index (χ4v) is 4.28. The van der Waals surface area contributed by atoms with E-state index in [0.29, 0.717) is 5.75 Å². The summed E-state index contributed by atoms with van der Waals surface area (Å²) in [6.07, 6.45) is 7.48. The standard InChI is InChI=1S/C17H24FNO/c1-20-17-5-3-12(9-16(17)18)8-15(19)10-14-7-11-2-4-13(14)6-11/h3,5,9,11,13-15H,2,4,6-8,10,19H2,1H3. The van der Waals surface area contributed by atoms with E-state index in [-0.39, 0.29) is 11.9 Å². The molecule has 2 bridgehead atoms. The predicted octanol–water partition coefficient (Wildman–Crippen LogP) is 3.53. The van der Waals surface area contributed by atoms with E-state index in [0.717, 1.165) is 36.2 Å². The van der Waals surface area contributed by atoms with Crippen molar-refractivity contribution in [3.05, 3.63) is 29.6 Å². The second-order valence-electron chi connectivity index (χ2n) is 6.60. The van der Waals surface area contributed by atoms with Gasteiger partial charge < -0.3 is 10.5 Å². The van der Waals surface area contributed by atoms with Crippen molar-refractivity contribution >= 4 is 0 Å². The van der Waals surface area contributed by atoms with Gasteiger partial charge in [-0.2, -0.15) is 0 Å². The van der Waals surface area contributed by atoms with Gasteiger partial charge in [0, 0.05) is 6.04 Å². The first kappa shape index (κ1) is 13.9. The van der Waals surface area contributed by atoms with Crippen molar-refractivity contribution in [1.82, 2.24) is 0 Å². The monoisotopic (exact) mass is 277 g/mol. The number of hydrogen-bond donors (Lipinski definition) is 1. The highest BCUT2D eigenvalue weighted by molar-refractivity contribution is 5.29. The molecule has 2 aliphatic carbocycles. The fourth-order valence-electron chi connectivity index (χ4n) is 4.28. The van der Waals surface area contributed by atoms with Crippen molar-refractivity contribution in [3.8, 4) is 5.75 Å². The van der Waals surface area contributed by atoms with E-state index in [9.17, 15) is 4.39 Å².